The molecule has 7 heteroatoms. The molecule has 0 saturated heterocycles. The summed E-state index contributed by atoms with van der Waals surface area (Å²) in [5.74, 6) is -4.33. The predicted molar refractivity (Wildman–Crippen MR) is 67.6 cm³/mol. The summed E-state index contributed by atoms with van der Waals surface area (Å²) in [5, 5.41) is 11.0. The highest BCUT2D eigenvalue weighted by Gasteiger charge is 2.48. The second-order valence-corrected chi connectivity index (χ2v) is 5.39. The molecule has 1 unspecified atom stereocenters. The molecule has 1 amide bonds. The number of amides is 1. The van der Waals surface area contributed by atoms with Crippen LogP contribution in [0.1, 0.15) is 30.1 Å². The lowest BCUT2D eigenvalue weighted by Crippen LogP contribution is -2.54. The van der Waals surface area contributed by atoms with Gasteiger partial charge < -0.3 is 10.4 Å². The Balaban J connectivity index is 2.28. The zero-order chi connectivity index (χ0) is 15.1. The Hall–Kier alpha value is -1.69. The number of carboxylic acids is 1. The van der Waals surface area contributed by atoms with Gasteiger partial charge in [0.15, 0.2) is 0 Å². The van der Waals surface area contributed by atoms with Crippen LogP contribution in [0.2, 0.25) is 5.02 Å². The SMILES string of the molecule is CC(NC(=O)c1cc(F)c(Cl)cc1F)(C(=O)O)C1CC1. The molecule has 4 nitrogen and oxygen atoms in total. The van der Waals surface area contributed by atoms with Gasteiger partial charge in [0.1, 0.15) is 17.2 Å². The Kier molecular flexibility index (Phi) is 3.69. The molecule has 1 atom stereocenters. The molecule has 0 bridgehead atoms. The lowest BCUT2D eigenvalue weighted by molar-refractivity contribution is -0.144. The van der Waals surface area contributed by atoms with E-state index in [1.807, 2.05) is 0 Å². The molecule has 108 valence electrons. The highest BCUT2D eigenvalue weighted by molar-refractivity contribution is 6.30. The van der Waals surface area contributed by atoms with E-state index in [1.165, 1.54) is 6.92 Å². The van der Waals surface area contributed by atoms with Gasteiger partial charge in [-0.2, -0.15) is 0 Å². The van der Waals surface area contributed by atoms with Crippen molar-refractivity contribution in [2.24, 2.45) is 5.92 Å². The summed E-state index contributed by atoms with van der Waals surface area (Å²) in [4.78, 5) is 23.2. The van der Waals surface area contributed by atoms with E-state index in [2.05, 4.69) is 5.32 Å². The maximum absolute atomic E-state index is 13.6. The summed E-state index contributed by atoms with van der Waals surface area (Å²) in [6.07, 6.45) is 1.33. The van der Waals surface area contributed by atoms with Crippen molar-refractivity contribution in [3.8, 4) is 0 Å². The number of carbonyl (C=O) groups excluding carboxylic acids is 1. The van der Waals surface area contributed by atoms with E-state index >= 15 is 0 Å². The van der Waals surface area contributed by atoms with Crippen molar-refractivity contribution >= 4 is 23.5 Å². The average molecular weight is 304 g/mol. The number of rotatable bonds is 4. The third kappa shape index (κ3) is 2.60. The fraction of sp³-hybridized carbons (Fsp3) is 0.385. The Morgan fingerprint density at radius 1 is 1.35 bits per heavy atom. The van der Waals surface area contributed by atoms with Crippen LogP contribution in [-0.4, -0.2) is 22.5 Å². The van der Waals surface area contributed by atoms with Gasteiger partial charge in [0.05, 0.1) is 10.6 Å². The average Bonchev–Trinajstić information content (AvgIpc) is 3.17. The van der Waals surface area contributed by atoms with Crippen LogP contribution in [0.15, 0.2) is 12.1 Å². The van der Waals surface area contributed by atoms with Crippen molar-refractivity contribution in [2.45, 2.75) is 25.3 Å². The molecule has 1 aromatic rings. The lowest BCUT2D eigenvalue weighted by atomic mass is 9.95. The molecule has 2 rings (SSSR count). The predicted octanol–water partition coefficient (Wildman–Crippen LogP) is 2.60. The van der Waals surface area contributed by atoms with Gasteiger partial charge in [-0.3, -0.25) is 4.79 Å². The number of aliphatic carboxylic acids is 1. The summed E-state index contributed by atoms with van der Waals surface area (Å²) in [6.45, 7) is 1.36. The Morgan fingerprint density at radius 3 is 2.45 bits per heavy atom. The van der Waals surface area contributed by atoms with E-state index in [9.17, 15) is 23.5 Å². The minimum Gasteiger partial charge on any atom is -0.480 e. The van der Waals surface area contributed by atoms with Gasteiger partial charge >= 0.3 is 5.97 Å². The maximum Gasteiger partial charge on any atom is 0.329 e. The van der Waals surface area contributed by atoms with Gasteiger partial charge in [-0.1, -0.05) is 11.6 Å². The number of halogens is 3. The van der Waals surface area contributed by atoms with Crippen LogP contribution in [0.4, 0.5) is 8.78 Å². The first-order valence-corrected chi connectivity index (χ1v) is 6.34. The molecule has 2 N–H and O–H groups in total. The van der Waals surface area contributed by atoms with Gasteiger partial charge in [-0.15, -0.1) is 0 Å². The monoisotopic (exact) mass is 303 g/mol. The molecule has 0 heterocycles. The molecule has 0 spiro atoms. The highest BCUT2D eigenvalue weighted by Crippen LogP contribution is 2.40. The van der Waals surface area contributed by atoms with Gasteiger partial charge in [-0.25, -0.2) is 13.6 Å². The van der Waals surface area contributed by atoms with E-state index in [4.69, 9.17) is 11.6 Å². The van der Waals surface area contributed by atoms with E-state index in [0.717, 1.165) is 0 Å². The molecule has 0 aliphatic heterocycles. The van der Waals surface area contributed by atoms with Crippen LogP contribution >= 0.6 is 11.6 Å². The minimum atomic E-state index is -1.49. The molecule has 0 aromatic heterocycles. The quantitative estimate of drug-likeness (QED) is 0.840. The van der Waals surface area contributed by atoms with E-state index in [0.29, 0.717) is 25.0 Å². The van der Waals surface area contributed by atoms with Crippen LogP contribution in [-0.2, 0) is 4.79 Å². The molecule has 1 aliphatic rings. The van der Waals surface area contributed by atoms with Crippen molar-refractivity contribution in [1.29, 1.82) is 0 Å². The zero-order valence-electron chi connectivity index (χ0n) is 10.5. The first kappa shape index (κ1) is 14.7. The fourth-order valence-corrected chi connectivity index (χ4v) is 2.14. The zero-order valence-corrected chi connectivity index (χ0v) is 11.3. The summed E-state index contributed by atoms with van der Waals surface area (Å²) < 4.78 is 26.9. The molecule has 1 saturated carbocycles. The summed E-state index contributed by atoms with van der Waals surface area (Å²) in [5.41, 5.74) is -2.06. The first-order valence-electron chi connectivity index (χ1n) is 5.96. The number of carbonyl (C=O) groups is 2. The van der Waals surface area contributed by atoms with Crippen LogP contribution in [0.3, 0.4) is 0 Å². The number of carboxylic acid groups (broad SMARTS) is 1. The van der Waals surface area contributed by atoms with E-state index in [-0.39, 0.29) is 5.92 Å². The van der Waals surface area contributed by atoms with Crippen LogP contribution in [0.25, 0.3) is 0 Å². The molecule has 1 aromatic carbocycles. The van der Waals surface area contributed by atoms with Gasteiger partial charge in [0.2, 0.25) is 0 Å². The summed E-state index contributed by atoms with van der Waals surface area (Å²) >= 11 is 5.39. The number of benzene rings is 1. The summed E-state index contributed by atoms with van der Waals surface area (Å²) in [7, 11) is 0. The molecule has 1 fully saturated rings. The third-order valence-electron chi connectivity index (χ3n) is 3.47. The van der Waals surface area contributed by atoms with Crippen molar-refractivity contribution in [1.82, 2.24) is 5.32 Å². The molecule has 0 radical (unpaired) electrons. The lowest BCUT2D eigenvalue weighted by Gasteiger charge is -2.26. The Bertz CT molecular complexity index is 589. The topological polar surface area (TPSA) is 66.4 Å². The number of hydrogen-bond donors (Lipinski definition) is 2. The smallest absolute Gasteiger partial charge is 0.329 e. The van der Waals surface area contributed by atoms with Gasteiger partial charge in [-0.05, 0) is 37.8 Å². The minimum absolute atomic E-state index is 0.204. The molecule has 20 heavy (non-hydrogen) atoms. The fourth-order valence-electron chi connectivity index (χ4n) is 1.99. The first-order chi connectivity index (χ1) is 9.25. The van der Waals surface area contributed by atoms with Gasteiger partial charge in [0.25, 0.3) is 5.91 Å². The van der Waals surface area contributed by atoms with Crippen molar-refractivity contribution in [2.75, 3.05) is 0 Å². The van der Waals surface area contributed by atoms with Crippen molar-refractivity contribution in [3.05, 3.63) is 34.4 Å². The molecular weight excluding hydrogens is 292 g/mol. The van der Waals surface area contributed by atoms with Crippen LogP contribution in [0, 0.1) is 17.6 Å². The maximum atomic E-state index is 13.6. The van der Waals surface area contributed by atoms with E-state index in [1.54, 1.807) is 0 Å². The number of hydrogen-bond acceptors (Lipinski definition) is 2. The van der Waals surface area contributed by atoms with Crippen LogP contribution in [0.5, 0.6) is 0 Å². The van der Waals surface area contributed by atoms with Gasteiger partial charge in [0, 0.05) is 0 Å². The van der Waals surface area contributed by atoms with E-state index < -0.39 is 39.6 Å². The molecule has 1 aliphatic carbocycles. The molecular formula is C13H12ClF2NO3. The van der Waals surface area contributed by atoms with Crippen molar-refractivity contribution in [3.63, 3.8) is 0 Å². The normalized spacial score (nSPS) is 17.4. The van der Waals surface area contributed by atoms with Crippen LogP contribution < -0.4 is 5.32 Å². The second-order valence-electron chi connectivity index (χ2n) is 4.98. The Labute approximate surface area is 118 Å². The highest BCUT2D eigenvalue weighted by atomic mass is 35.5. The van der Waals surface area contributed by atoms with Crippen molar-refractivity contribution < 1.29 is 23.5 Å². The third-order valence-corrected chi connectivity index (χ3v) is 3.76. The number of nitrogens with one attached hydrogen (secondary N) is 1. The summed E-state index contributed by atoms with van der Waals surface area (Å²) in [6, 6.07) is 1.34. The Morgan fingerprint density at radius 2 is 1.95 bits per heavy atom. The second kappa shape index (κ2) is 5.01. The standard InChI is InChI=1S/C13H12ClF2NO3/c1-13(12(19)20,6-2-3-6)17-11(18)7-4-10(16)8(14)5-9(7)15/h4-6H,2-3H2,1H3,(H,17,18)(H,19,20). The largest absolute Gasteiger partial charge is 0.480 e.